The van der Waals surface area contributed by atoms with E-state index in [9.17, 15) is 9.59 Å². The molecule has 0 fully saturated rings. The average Bonchev–Trinajstić information content (AvgIpc) is 2.63. The maximum absolute atomic E-state index is 10.1. The fourth-order valence-electron chi connectivity index (χ4n) is 2.65. The van der Waals surface area contributed by atoms with E-state index in [-0.39, 0.29) is 33.1 Å². The van der Waals surface area contributed by atoms with Gasteiger partial charge in [-0.1, -0.05) is 6.92 Å². The SMILES string of the molecule is CC/C(=C/C(=O)O)C(=O)O.CCCCCCC[CH2][Sn][CH2]CCCCCCC. The Morgan fingerprint density at radius 1 is 0.704 bits per heavy atom. The predicted octanol–water partition coefficient (Wildman–Crippen LogP) is 6.74. The van der Waals surface area contributed by atoms with Crippen molar-refractivity contribution < 1.29 is 19.8 Å². The molecule has 0 aliphatic rings. The second-order valence-electron chi connectivity index (χ2n) is 6.95. The van der Waals surface area contributed by atoms with E-state index < -0.39 is 11.9 Å². The summed E-state index contributed by atoms with van der Waals surface area (Å²) < 4.78 is 3.31. The Balaban J connectivity index is 0. The van der Waals surface area contributed by atoms with Crippen molar-refractivity contribution in [1.29, 1.82) is 0 Å². The van der Waals surface area contributed by atoms with E-state index in [0.717, 1.165) is 0 Å². The quantitative estimate of drug-likeness (QED) is 0.135. The molecule has 0 unspecified atom stereocenters. The first-order chi connectivity index (χ1) is 13.0. The molecule has 0 aromatic carbocycles. The molecule has 0 amide bonds. The summed E-state index contributed by atoms with van der Waals surface area (Å²) in [5.74, 6) is -2.40. The van der Waals surface area contributed by atoms with Crippen LogP contribution in [0.2, 0.25) is 8.87 Å². The molecule has 0 heterocycles. The first kappa shape index (κ1) is 28.7. The normalized spacial score (nSPS) is 11.0. The number of hydrogen-bond donors (Lipinski definition) is 2. The molecule has 2 radical (unpaired) electrons. The fraction of sp³-hybridized carbons (Fsp3) is 0.818. The summed E-state index contributed by atoms with van der Waals surface area (Å²) in [5, 5.41) is 16.4. The van der Waals surface area contributed by atoms with Crippen molar-refractivity contribution in [3.05, 3.63) is 11.6 Å². The van der Waals surface area contributed by atoms with Gasteiger partial charge in [0.2, 0.25) is 0 Å². The zero-order valence-electron chi connectivity index (χ0n) is 17.9. The van der Waals surface area contributed by atoms with Crippen molar-refractivity contribution >= 4 is 33.1 Å². The second kappa shape index (κ2) is 23.5. The van der Waals surface area contributed by atoms with Crippen LogP contribution in [0.5, 0.6) is 0 Å². The molecule has 0 aromatic rings. The van der Waals surface area contributed by atoms with E-state index in [4.69, 9.17) is 10.2 Å². The van der Waals surface area contributed by atoms with Crippen LogP contribution in [-0.4, -0.2) is 43.3 Å². The molecule has 0 bridgehead atoms. The number of carboxylic acid groups (broad SMARTS) is 2. The Morgan fingerprint density at radius 2 is 1.11 bits per heavy atom. The van der Waals surface area contributed by atoms with E-state index >= 15 is 0 Å². The Morgan fingerprint density at radius 3 is 1.41 bits per heavy atom. The molecule has 0 rings (SSSR count). The van der Waals surface area contributed by atoms with Gasteiger partial charge in [0.05, 0.1) is 0 Å². The molecule has 0 aliphatic heterocycles. The van der Waals surface area contributed by atoms with Crippen LogP contribution in [-0.2, 0) is 9.59 Å². The van der Waals surface area contributed by atoms with Gasteiger partial charge in [-0.3, -0.25) is 0 Å². The molecular weight excluding hydrogens is 447 g/mol. The molecule has 0 atom stereocenters. The zero-order chi connectivity index (χ0) is 20.8. The Labute approximate surface area is 177 Å². The molecule has 0 spiro atoms. The molecule has 0 saturated heterocycles. The minimum atomic E-state index is -1.22. The van der Waals surface area contributed by atoms with Gasteiger partial charge >= 0.3 is 133 Å². The van der Waals surface area contributed by atoms with Crippen LogP contribution >= 0.6 is 0 Å². The number of carboxylic acids is 2. The van der Waals surface area contributed by atoms with Gasteiger partial charge in [-0.2, -0.15) is 0 Å². The van der Waals surface area contributed by atoms with Crippen LogP contribution in [0.15, 0.2) is 11.6 Å². The van der Waals surface area contributed by atoms with Gasteiger partial charge in [-0.15, -0.1) is 0 Å². The van der Waals surface area contributed by atoms with E-state index in [0.29, 0.717) is 6.08 Å². The number of hydrogen-bond acceptors (Lipinski definition) is 2. The van der Waals surface area contributed by atoms with Crippen LogP contribution in [0, 0.1) is 0 Å². The molecule has 0 aliphatic carbocycles. The molecule has 2 N–H and O–H groups in total. The van der Waals surface area contributed by atoms with Gasteiger partial charge in [0.1, 0.15) is 0 Å². The zero-order valence-corrected chi connectivity index (χ0v) is 20.7. The number of aliphatic carboxylic acids is 2. The van der Waals surface area contributed by atoms with Gasteiger partial charge < -0.3 is 10.2 Å². The average molecular weight is 489 g/mol. The molecule has 0 saturated carbocycles. The third-order valence-corrected chi connectivity index (χ3v) is 8.40. The topological polar surface area (TPSA) is 74.6 Å². The monoisotopic (exact) mass is 490 g/mol. The van der Waals surface area contributed by atoms with Gasteiger partial charge in [0, 0.05) is 11.6 Å². The minimum absolute atomic E-state index is 0.0736. The van der Waals surface area contributed by atoms with E-state index in [1.165, 1.54) is 64.2 Å². The van der Waals surface area contributed by atoms with Crippen molar-refractivity contribution in [2.45, 2.75) is 113 Å². The van der Waals surface area contributed by atoms with Crippen LogP contribution in [0.1, 0.15) is 104 Å². The van der Waals surface area contributed by atoms with Crippen LogP contribution < -0.4 is 0 Å². The first-order valence-corrected chi connectivity index (χ1v) is 14.9. The van der Waals surface area contributed by atoms with E-state index in [1.807, 2.05) is 0 Å². The Hall–Kier alpha value is -0.521. The maximum atomic E-state index is 10.1. The summed E-state index contributed by atoms with van der Waals surface area (Å²) in [6, 6.07) is 0. The van der Waals surface area contributed by atoms with Gasteiger partial charge in [-0.25, -0.2) is 9.59 Å². The second-order valence-corrected chi connectivity index (χ2v) is 11.2. The molecule has 4 nitrogen and oxygen atoms in total. The predicted molar refractivity (Wildman–Crippen MR) is 116 cm³/mol. The van der Waals surface area contributed by atoms with E-state index in [2.05, 4.69) is 13.8 Å². The molecule has 158 valence electrons. The molecule has 5 heteroatoms. The van der Waals surface area contributed by atoms with Gasteiger partial charge in [0.15, 0.2) is 0 Å². The number of rotatable bonds is 17. The molecule has 0 aromatic heterocycles. The van der Waals surface area contributed by atoms with Gasteiger partial charge in [0.25, 0.3) is 0 Å². The Bertz CT molecular complexity index is 367. The number of carbonyl (C=O) groups is 2. The van der Waals surface area contributed by atoms with Crippen molar-refractivity contribution in [3.63, 3.8) is 0 Å². The third-order valence-electron chi connectivity index (χ3n) is 4.37. The molecule has 27 heavy (non-hydrogen) atoms. The van der Waals surface area contributed by atoms with Crippen molar-refractivity contribution in [3.8, 4) is 0 Å². The van der Waals surface area contributed by atoms with Crippen LogP contribution in [0.25, 0.3) is 0 Å². The fourth-order valence-corrected chi connectivity index (χ4v) is 6.22. The first-order valence-electron chi connectivity index (χ1n) is 10.9. The summed E-state index contributed by atoms with van der Waals surface area (Å²) in [7, 11) is 0. The Kier molecular flexibility index (Phi) is 25.0. The van der Waals surface area contributed by atoms with Gasteiger partial charge in [-0.05, 0) is 6.42 Å². The van der Waals surface area contributed by atoms with Crippen molar-refractivity contribution in [2.24, 2.45) is 0 Å². The summed E-state index contributed by atoms with van der Waals surface area (Å²) in [5.41, 5.74) is -0.0903. The van der Waals surface area contributed by atoms with Crippen molar-refractivity contribution in [1.82, 2.24) is 0 Å². The van der Waals surface area contributed by atoms with E-state index in [1.54, 1.807) is 28.6 Å². The standard InChI is InChI=1S/2C8H17.C6H8O4.Sn/c2*1-3-5-7-8-6-4-2;1-2-4(6(9)10)3-5(7)8;/h2*1,3-8H2,2H3;3H,2H2,1H3,(H,7,8)(H,9,10);/b;;4-3-;. The third kappa shape index (κ3) is 25.5. The van der Waals surface area contributed by atoms with Crippen LogP contribution in [0.4, 0.5) is 0 Å². The van der Waals surface area contributed by atoms with Crippen molar-refractivity contribution in [2.75, 3.05) is 0 Å². The summed E-state index contributed by atoms with van der Waals surface area (Å²) in [6.07, 6.45) is 18.8. The summed E-state index contributed by atoms with van der Waals surface area (Å²) in [4.78, 5) is 20.1. The summed E-state index contributed by atoms with van der Waals surface area (Å²) >= 11 is 0.0736. The number of unbranched alkanes of at least 4 members (excludes halogenated alkanes) is 10. The molecular formula is C22H42O4Sn. The van der Waals surface area contributed by atoms with Crippen LogP contribution in [0.3, 0.4) is 0 Å². The summed E-state index contributed by atoms with van der Waals surface area (Å²) in [6.45, 7) is 6.19.